The molecule has 142 valence electrons. The number of amides is 2. The molecule has 1 aromatic carbocycles. The van der Waals surface area contributed by atoms with Crippen molar-refractivity contribution in [1.29, 1.82) is 0 Å². The van der Waals surface area contributed by atoms with Gasteiger partial charge in [0.15, 0.2) is 0 Å². The summed E-state index contributed by atoms with van der Waals surface area (Å²) in [5.41, 5.74) is 2.26. The van der Waals surface area contributed by atoms with Gasteiger partial charge in [0.1, 0.15) is 0 Å². The summed E-state index contributed by atoms with van der Waals surface area (Å²) in [5.74, 6) is 0.401. The van der Waals surface area contributed by atoms with Crippen molar-refractivity contribution in [2.24, 2.45) is 0 Å². The van der Waals surface area contributed by atoms with E-state index >= 15 is 0 Å². The first-order valence-corrected chi connectivity index (χ1v) is 10.8. The molecule has 2 aromatic rings. The van der Waals surface area contributed by atoms with Gasteiger partial charge >= 0.3 is 0 Å². The Morgan fingerprint density at radius 2 is 2.00 bits per heavy atom. The number of halogens is 1. The molecule has 27 heavy (non-hydrogen) atoms. The van der Waals surface area contributed by atoms with Crippen molar-refractivity contribution in [2.45, 2.75) is 51.0 Å². The van der Waals surface area contributed by atoms with E-state index < -0.39 is 0 Å². The van der Waals surface area contributed by atoms with E-state index in [9.17, 15) is 9.59 Å². The predicted molar refractivity (Wildman–Crippen MR) is 110 cm³/mol. The van der Waals surface area contributed by atoms with E-state index in [0.29, 0.717) is 22.2 Å². The van der Waals surface area contributed by atoms with Gasteiger partial charge in [-0.2, -0.15) is 0 Å². The SMILES string of the molecule is CC1CCCCN1C(=O)c1ccc(NC(=O)c2sccc2C2CC2)cc1Cl. The lowest BCUT2D eigenvalue weighted by molar-refractivity contribution is 0.0635. The average molecular weight is 403 g/mol. The van der Waals surface area contributed by atoms with Gasteiger partial charge in [0.05, 0.1) is 15.5 Å². The number of piperidine rings is 1. The molecule has 0 radical (unpaired) electrons. The van der Waals surface area contributed by atoms with Crippen molar-refractivity contribution >= 4 is 40.4 Å². The fourth-order valence-electron chi connectivity index (χ4n) is 3.73. The number of nitrogens with zero attached hydrogens (tertiary/aromatic N) is 1. The zero-order valence-electron chi connectivity index (χ0n) is 15.3. The lowest BCUT2D eigenvalue weighted by Gasteiger charge is -2.33. The third-order valence-electron chi connectivity index (χ3n) is 5.44. The molecule has 1 aromatic heterocycles. The van der Waals surface area contributed by atoms with Crippen LogP contribution in [0.25, 0.3) is 0 Å². The molecule has 4 rings (SSSR count). The summed E-state index contributed by atoms with van der Waals surface area (Å²) in [7, 11) is 0. The highest BCUT2D eigenvalue weighted by Gasteiger charge is 2.29. The third-order valence-corrected chi connectivity index (χ3v) is 6.68. The van der Waals surface area contributed by atoms with Gasteiger partial charge in [-0.25, -0.2) is 0 Å². The molecule has 1 atom stereocenters. The fraction of sp³-hybridized carbons (Fsp3) is 0.429. The molecule has 2 heterocycles. The van der Waals surface area contributed by atoms with E-state index in [2.05, 4.69) is 12.2 Å². The number of hydrogen-bond donors (Lipinski definition) is 1. The van der Waals surface area contributed by atoms with Crippen LogP contribution < -0.4 is 5.32 Å². The van der Waals surface area contributed by atoms with E-state index in [0.717, 1.165) is 49.1 Å². The minimum atomic E-state index is -0.105. The Balaban J connectivity index is 1.49. The number of carbonyl (C=O) groups excluding carboxylic acids is 2. The van der Waals surface area contributed by atoms with Crippen LogP contribution in [0.3, 0.4) is 0 Å². The first-order valence-electron chi connectivity index (χ1n) is 9.54. The van der Waals surface area contributed by atoms with Gasteiger partial charge in [-0.3, -0.25) is 9.59 Å². The molecule has 1 aliphatic heterocycles. The van der Waals surface area contributed by atoms with Gasteiger partial charge in [0, 0.05) is 18.3 Å². The Hall–Kier alpha value is -1.85. The Morgan fingerprint density at radius 3 is 2.70 bits per heavy atom. The minimum Gasteiger partial charge on any atom is -0.336 e. The van der Waals surface area contributed by atoms with Crippen LogP contribution >= 0.6 is 22.9 Å². The summed E-state index contributed by atoms with van der Waals surface area (Å²) in [4.78, 5) is 28.1. The molecular weight excluding hydrogens is 380 g/mol. The van der Waals surface area contributed by atoms with E-state index in [1.54, 1.807) is 18.2 Å². The number of likely N-dealkylation sites (tertiary alicyclic amines) is 1. The monoisotopic (exact) mass is 402 g/mol. The van der Waals surface area contributed by atoms with Crippen LogP contribution in [0.15, 0.2) is 29.6 Å². The highest BCUT2D eigenvalue weighted by atomic mass is 35.5. The number of benzene rings is 1. The summed E-state index contributed by atoms with van der Waals surface area (Å²) in [5, 5.41) is 5.27. The summed E-state index contributed by atoms with van der Waals surface area (Å²) >= 11 is 7.87. The largest absolute Gasteiger partial charge is 0.336 e. The highest BCUT2D eigenvalue weighted by Crippen LogP contribution is 2.43. The normalized spacial score (nSPS) is 19.8. The van der Waals surface area contributed by atoms with Crippen molar-refractivity contribution < 1.29 is 9.59 Å². The third kappa shape index (κ3) is 3.90. The molecule has 6 heteroatoms. The van der Waals surface area contributed by atoms with Crippen LogP contribution in [0.4, 0.5) is 5.69 Å². The second kappa shape index (κ2) is 7.64. The molecule has 1 unspecified atom stereocenters. The van der Waals surface area contributed by atoms with Gasteiger partial charge < -0.3 is 10.2 Å². The Morgan fingerprint density at radius 1 is 1.19 bits per heavy atom. The molecule has 1 saturated heterocycles. The maximum absolute atomic E-state index is 12.8. The fourth-order valence-corrected chi connectivity index (χ4v) is 4.87. The van der Waals surface area contributed by atoms with Gasteiger partial charge in [-0.1, -0.05) is 11.6 Å². The topological polar surface area (TPSA) is 49.4 Å². The van der Waals surface area contributed by atoms with Gasteiger partial charge in [-0.05, 0) is 80.2 Å². The molecular formula is C21H23ClN2O2S. The number of hydrogen-bond acceptors (Lipinski definition) is 3. The quantitative estimate of drug-likeness (QED) is 0.729. The molecule has 1 aliphatic carbocycles. The van der Waals surface area contributed by atoms with Crippen molar-refractivity contribution in [2.75, 3.05) is 11.9 Å². The van der Waals surface area contributed by atoms with Gasteiger partial charge in [0.25, 0.3) is 11.8 Å². The van der Waals surface area contributed by atoms with E-state index in [-0.39, 0.29) is 17.9 Å². The first kappa shape index (κ1) is 18.5. The van der Waals surface area contributed by atoms with Crippen molar-refractivity contribution in [3.05, 3.63) is 50.7 Å². The Labute approximate surface area is 168 Å². The molecule has 1 N–H and O–H groups in total. The molecule has 0 spiro atoms. The zero-order chi connectivity index (χ0) is 19.0. The second-order valence-corrected chi connectivity index (χ2v) is 8.79. The molecule has 2 aliphatic rings. The van der Waals surface area contributed by atoms with Crippen molar-refractivity contribution in [3.63, 3.8) is 0 Å². The van der Waals surface area contributed by atoms with Crippen LogP contribution in [-0.2, 0) is 0 Å². The van der Waals surface area contributed by atoms with Crippen molar-refractivity contribution in [1.82, 2.24) is 4.90 Å². The number of thiophene rings is 1. The number of rotatable bonds is 4. The summed E-state index contributed by atoms with van der Waals surface area (Å²) in [6.45, 7) is 2.86. The molecule has 2 amide bonds. The van der Waals surface area contributed by atoms with E-state index in [4.69, 9.17) is 11.6 Å². The zero-order valence-corrected chi connectivity index (χ0v) is 16.9. The first-order chi connectivity index (χ1) is 13.0. The molecule has 1 saturated carbocycles. The van der Waals surface area contributed by atoms with Crippen molar-refractivity contribution in [3.8, 4) is 0 Å². The lowest BCUT2D eigenvalue weighted by Crippen LogP contribution is -2.42. The number of nitrogens with one attached hydrogen (secondary N) is 1. The maximum atomic E-state index is 12.8. The number of anilines is 1. The molecule has 2 fully saturated rings. The van der Waals surface area contributed by atoms with Crippen LogP contribution in [0.5, 0.6) is 0 Å². The minimum absolute atomic E-state index is 0.0284. The van der Waals surface area contributed by atoms with Crippen LogP contribution in [0.2, 0.25) is 5.02 Å². The molecule has 0 bridgehead atoms. The van der Waals surface area contributed by atoms with Gasteiger partial charge in [0.2, 0.25) is 0 Å². The molecule has 4 nitrogen and oxygen atoms in total. The van der Waals surface area contributed by atoms with Gasteiger partial charge in [-0.15, -0.1) is 11.3 Å². The standard InChI is InChI=1S/C21H23ClN2O2S/c1-13-4-2-3-10-24(13)21(26)17-8-7-15(12-18(17)22)23-20(25)19-16(9-11-27-19)14-5-6-14/h7-9,11-14H,2-6,10H2,1H3,(H,23,25). The van der Waals surface area contributed by atoms with E-state index in [1.807, 2.05) is 16.3 Å². The number of carbonyl (C=O) groups is 2. The summed E-state index contributed by atoms with van der Waals surface area (Å²) in [6, 6.07) is 7.44. The maximum Gasteiger partial charge on any atom is 0.266 e. The summed E-state index contributed by atoms with van der Waals surface area (Å²) in [6.07, 6.45) is 5.55. The predicted octanol–water partition coefficient (Wildman–Crippen LogP) is 5.55. The Bertz CT molecular complexity index is 875. The van der Waals surface area contributed by atoms with Crippen LogP contribution in [-0.4, -0.2) is 29.3 Å². The highest BCUT2D eigenvalue weighted by molar-refractivity contribution is 7.12. The van der Waals surface area contributed by atoms with Crippen LogP contribution in [0.1, 0.15) is 70.5 Å². The average Bonchev–Trinajstić information content (AvgIpc) is 3.38. The van der Waals surface area contributed by atoms with E-state index in [1.165, 1.54) is 11.3 Å². The second-order valence-electron chi connectivity index (χ2n) is 7.47. The summed E-state index contributed by atoms with van der Waals surface area (Å²) < 4.78 is 0. The van der Waals surface area contributed by atoms with Crippen LogP contribution in [0, 0.1) is 0 Å². The smallest absolute Gasteiger partial charge is 0.266 e. The Kier molecular flexibility index (Phi) is 5.24. The lowest BCUT2D eigenvalue weighted by atomic mass is 10.0.